The Morgan fingerprint density at radius 1 is 1.00 bits per heavy atom. The Morgan fingerprint density at radius 3 is 1.61 bits per heavy atom. The highest BCUT2D eigenvalue weighted by atomic mass is 32.2. The summed E-state index contributed by atoms with van der Waals surface area (Å²) in [7, 11) is 0.731. The second-order valence-electron chi connectivity index (χ2n) is 3.98. The molecule has 2 aromatic carbocycles. The molecular formula is C16H16F3O2S2+. The number of benzene rings is 2. The first-order chi connectivity index (χ1) is 10.9. The summed E-state index contributed by atoms with van der Waals surface area (Å²) in [4.78, 5) is 2.64. The van der Waals surface area contributed by atoms with E-state index in [0.717, 1.165) is 7.11 Å². The average molecular weight is 361 g/mol. The number of hydrogen-bond donors (Lipinski definition) is 0. The lowest BCUT2D eigenvalue weighted by Gasteiger charge is -2.01. The molecule has 0 saturated heterocycles. The minimum atomic E-state index is -4.74. The van der Waals surface area contributed by atoms with Crippen molar-refractivity contribution < 1.29 is 21.6 Å². The lowest BCUT2D eigenvalue weighted by atomic mass is 10.4. The number of rotatable bonds is 4. The van der Waals surface area contributed by atoms with Gasteiger partial charge in [-0.2, -0.15) is 13.2 Å². The molecule has 0 heterocycles. The summed E-state index contributed by atoms with van der Waals surface area (Å²) in [5.41, 5.74) is -4.74. The van der Waals surface area contributed by atoms with E-state index in [1.54, 1.807) is 0 Å². The Kier molecular flexibility index (Phi) is 8.08. The smallest absolute Gasteiger partial charge is 0.287 e. The summed E-state index contributed by atoms with van der Waals surface area (Å²) in [6, 6.07) is 21.0. The summed E-state index contributed by atoms with van der Waals surface area (Å²) < 4.78 is 46.1. The van der Waals surface area contributed by atoms with E-state index < -0.39 is 16.6 Å². The molecule has 0 amide bonds. The Morgan fingerprint density at radius 2 is 1.39 bits per heavy atom. The second-order valence-corrected chi connectivity index (χ2v) is 7.19. The minimum absolute atomic E-state index is 0.00568. The SMILES string of the molecule is C=C[S+](c1ccccc1)c1ccccc1.COS(=O)C(F)(F)F. The number of alkyl halides is 3. The maximum absolute atomic E-state index is 11.0. The standard InChI is InChI=1S/C14H13S.C2H3F3O2S/c1-2-15(13-9-5-3-6-10-13)14-11-7-4-8-12-14;1-7-8(6)2(3,4)5/h2-12H,1H2;1H3/q+1;. The van der Waals surface area contributed by atoms with E-state index in [1.807, 2.05) is 17.5 Å². The lowest BCUT2D eigenvalue weighted by molar-refractivity contribution is -0.0459. The molecule has 1 unspecified atom stereocenters. The van der Waals surface area contributed by atoms with Crippen molar-refractivity contribution >= 4 is 22.0 Å². The lowest BCUT2D eigenvalue weighted by Crippen LogP contribution is -2.16. The molecule has 7 heteroatoms. The van der Waals surface area contributed by atoms with Crippen LogP contribution in [0.15, 0.2) is 82.4 Å². The zero-order valence-electron chi connectivity index (χ0n) is 12.3. The minimum Gasteiger partial charge on any atom is -0.287 e. The summed E-state index contributed by atoms with van der Waals surface area (Å²) in [5, 5.41) is 2.02. The van der Waals surface area contributed by atoms with E-state index in [0.29, 0.717) is 0 Å². The van der Waals surface area contributed by atoms with Crippen molar-refractivity contribution in [3.63, 3.8) is 0 Å². The van der Waals surface area contributed by atoms with Crippen molar-refractivity contribution in [3.05, 3.63) is 72.7 Å². The van der Waals surface area contributed by atoms with Crippen LogP contribution in [0.3, 0.4) is 0 Å². The monoisotopic (exact) mass is 361 g/mol. The van der Waals surface area contributed by atoms with Crippen LogP contribution in [0.4, 0.5) is 13.2 Å². The van der Waals surface area contributed by atoms with Gasteiger partial charge in [0.05, 0.1) is 18.0 Å². The van der Waals surface area contributed by atoms with Crippen molar-refractivity contribution in [3.8, 4) is 0 Å². The molecule has 2 nitrogen and oxygen atoms in total. The Hall–Kier alpha value is -1.57. The van der Waals surface area contributed by atoms with E-state index in [1.165, 1.54) is 9.79 Å². The third kappa shape index (κ3) is 6.60. The van der Waals surface area contributed by atoms with Crippen LogP contribution in [0.2, 0.25) is 0 Å². The van der Waals surface area contributed by atoms with Gasteiger partial charge < -0.3 is 0 Å². The number of halogens is 3. The maximum Gasteiger partial charge on any atom is 0.497 e. The highest BCUT2D eigenvalue weighted by Gasteiger charge is 2.37. The third-order valence-electron chi connectivity index (χ3n) is 2.50. The average Bonchev–Trinajstić information content (AvgIpc) is 2.56. The fourth-order valence-electron chi connectivity index (χ4n) is 1.56. The van der Waals surface area contributed by atoms with Crippen LogP contribution in [-0.2, 0) is 26.2 Å². The Labute approximate surface area is 139 Å². The van der Waals surface area contributed by atoms with Crippen LogP contribution < -0.4 is 0 Å². The van der Waals surface area contributed by atoms with E-state index in [-0.39, 0.29) is 10.9 Å². The van der Waals surface area contributed by atoms with Gasteiger partial charge in [0.2, 0.25) is 0 Å². The normalized spacial score (nSPS) is 12.2. The van der Waals surface area contributed by atoms with Gasteiger partial charge in [-0.05, 0) is 24.3 Å². The van der Waals surface area contributed by atoms with E-state index >= 15 is 0 Å². The van der Waals surface area contributed by atoms with Crippen LogP contribution in [0, 0.1) is 0 Å². The van der Waals surface area contributed by atoms with Gasteiger partial charge in [-0.15, -0.1) is 0 Å². The highest BCUT2D eigenvalue weighted by molar-refractivity contribution is 7.99. The first-order valence-electron chi connectivity index (χ1n) is 6.39. The molecule has 0 N–H and O–H groups in total. The van der Waals surface area contributed by atoms with Gasteiger partial charge in [0.15, 0.2) is 9.79 Å². The predicted molar refractivity (Wildman–Crippen MR) is 88.2 cm³/mol. The first kappa shape index (κ1) is 19.5. The van der Waals surface area contributed by atoms with Crippen molar-refractivity contribution in [1.29, 1.82) is 0 Å². The van der Waals surface area contributed by atoms with Crippen LogP contribution in [0.1, 0.15) is 0 Å². The summed E-state index contributed by atoms with van der Waals surface area (Å²) in [5.74, 6) is 0. The molecule has 0 bridgehead atoms. The van der Waals surface area contributed by atoms with Gasteiger partial charge >= 0.3 is 5.51 Å². The highest BCUT2D eigenvalue weighted by Crippen LogP contribution is 2.23. The molecule has 23 heavy (non-hydrogen) atoms. The molecule has 0 radical (unpaired) electrons. The van der Waals surface area contributed by atoms with Gasteiger partial charge in [-0.3, -0.25) is 4.18 Å². The zero-order chi connectivity index (χ0) is 17.3. The Bertz CT molecular complexity index is 577. The van der Waals surface area contributed by atoms with Gasteiger partial charge in [0.25, 0.3) is 11.1 Å². The van der Waals surface area contributed by atoms with Crippen LogP contribution in [0.25, 0.3) is 0 Å². The quantitative estimate of drug-likeness (QED) is 0.739. The molecule has 2 rings (SSSR count). The van der Waals surface area contributed by atoms with Crippen LogP contribution in [0.5, 0.6) is 0 Å². The van der Waals surface area contributed by atoms with Crippen molar-refractivity contribution in [1.82, 2.24) is 0 Å². The van der Waals surface area contributed by atoms with Crippen molar-refractivity contribution in [2.45, 2.75) is 15.3 Å². The summed E-state index contributed by atoms with van der Waals surface area (Å²) in [6.07, 6.45) is 0. The summed E-state index contributed by atoms with van der Waals surface area (Å²) in [6.45, 7) is 3.93. The van der Waals surface area contributed by atoms with Gasteiger partial charge in [-0.1, -0.05) is 43.0 Å². The summed E-state index contributed by atoms with van der Waals surface area (Å²) >= 11 is -3.14. The Balaban J connectivity index is 0.000000284. The molecule has 0 aromatic heterocycles. The largest absolute Gasteiger partial charge is 0.497 e. The van der Waals surface area contributed by atoms with Crippen LogP contribution in [-0.4, -0.2) is 16.8 Å². The van der Waals surface area contributed by atoms with Gasteiger partial charge in [0, 0.05) is 0 Å². The zero-order valence-corrected chi connectivity index (χ0v) is 14.0. The molecule has 0 aliphatic carbocycles. The molecular weight excluding hydrogens is 345 g/mol. The molecule has 0 spiro atoms. The van der Waals surface area contributed by atoms with Gasteiger partial charge in [-0.25, -0.2) is 4.21 Å². The fraction of sp³-hybridized carbons (Fsp3) is 0.125. The van der Waals surface area contributed by atoms with Crippen molar-refractivity contribution in [2.24, 2.45) is 0 Å². The molecule has 0 aliphatic rings. The predicted octanol–water partition coefficient (Wildman–Crippen LogP) is 4.68. The van der Waals surface area contributed by atoms with E-state index in [4.69, 9.17) is 0 Å². The molecule has 1 atom stereocenters. The van der Waals surface area contributed by atoms with Crippen molar-refractivity contribution in [2.75, 3.05) is 7.11 Å². The molecule has 0 aliphatic heterocycles. The molecule has 0 fully saturated rings. The second kappa shape index (κ2) is 9.54. The number of hydrogen-bond acceptors (Lipinski definition) is 2. The van der Waals surface area contributed by atoms with E-state index in [2.05, 4.69) is 59.3 Å². The fourth-order valence-corrected chi connectivity index (χ4v) is 3.30. The molecule has 2 aromatic rings. The van der Waals surface area contributed by atoms with Crippen LogP contribution >= 0.6 is 0 Å². The first-order valence-corrected chi connectivity index (χ1v) is 8.75. The maximum atomic E-state index is 11.0. The third-order valence-corrected chi connectivity index (χ3v) is 5.08. The van der Waals surface area contributed by atoms with Gasteiger partial charge in [0.1, 0.15) is 5.41 Å². The topological polar surface area (TPSA) is 26.3 Å². The molecule has 0 saturated carbocycles. The molecule has 124 valence electrons. The van der Waals surface area contributed by atoms with E-state index in [9.17, 15) is 17.4 Å².